The summed E-state index contributed by atoms with van der Waals surface area (Å²) < 4.78 is 6.68. The van der Waals surface area contributed by atoms with Crippen LogP contribution in [0.3, 0.4) is 0 Å². The summed E-state index contributed by atoms with van der Waals surface area (Å²) in [5, 5.41) is 8.24. The highest BCUT2D eigenvalue weighted by Gasteiger charge is 2.24. The van der Waals surface area contributed by atoms with E-state index in [0.29, 0.717) is 32.1 Å². The molecular weight excluding hydrogens is 516 g/mol. The molecule has 1 amide bonds. The van der Waals surface area contributed by atoms with E-state index < -0.39 is 5.91 Å². The first-order chi connectivity index (χ1) is 19.0. The third-order valence-corrected chi connectivity index (χ3v) is 8.23. The minimum atomic E-state index is -0.570. The summed E-state index contributed by atoms with van der Waals surface area (Å²) in [6.07, 6.45) is 3.15. The van der Waals surface area contributed by atoms with Crippen molar-refractivity contribution in [3.63, 3.8) is 0 Å². The van der Waals surface area contributed by atoms with Crippen LogP contribution in [0.5, 0.6) is 0 Å². The fraction of sp³-hybridized carbons (Fsp3) is 0.370. The smallest absolute Gasteiger partial charge is 0.265 e. The minimum Gasteiger partial charge on any atom is -0.378 e. The number of anilines is 1. The summed E-state index contributed by atoms with van der Waals surface area (Å²) in [6, 6.07) is 8.20. The number of aromatic amines is 1. The van der Waals surface area contributed by atoms with E-state index in [2.05, 4.69) is 26.1 Å². The number of thiophene rings is 1. The maximum atomic E-state index is 11.9. The van der Waals surface area contributed by atoms with E-state index >= 15 is 0 Å². The second-order valence-corrected chi connectivity index (χ2v) is 10.9. The average Bonchev–Trinajstić information content (AvgIpc) is 3.58. The number of nitrogens with one attached hydrogen (secondary N) is 1. The predicted molar refractivity (Wildman–Crippen MR) is 150 cm³/mol. The third kappa shape index (κ3) is 5.22. The molecule has 3 N–H and O–H groups in total. The Balaban J connectivity index is 1.28. The van der Waals surface area contributed by atoms with Crippen LogP contribution in [0.4, 0.5) is 5.82 Å². The third-order valence-electron chi connectivity index (χ3n) is 7.13. The lowest BCUT2D eigenvalue weighted by atomic mass is 10.1. The molecule has 0 bridgehead atoms. The molecule has 3 aromatic heterocycles. The lowest BCUT2D eigenvalue weighted by Gasteiger charge is -2.36. The monoisotopic (exact) mass is 546 g/mol. The number of benzene rings is 1. The number of carbonyl (C=O) groups excluding carboxylic acids is 2. The lowest BCUT2D eigenvalue weighted by molar-refractivity contribution is -0.117. The zero-order valence-electron chi connectivity index (χ0n) is 21.7. The molecule has 0 spiro atoms. The number of carbonyl (C=O) groups is 2. The Morgan fingerprint density at radius 1 is 1.13 bits per heavy atom. The average molecular weight is 547 g/mol. The fourth-order valence-corrected chi connectivity index (χ4v) is 6.35. The number of hydrogen-bond acceptors (Lipinski definition) is 10. The molecule has 2 saturated heterocycles. The number of allylic oxidation sites excluding steroid dienone is 1. The molecule has 11 nitrogen and oxygen atoms in total. The lowest BCUT2D eigenvalue weighted by Crippen LogP contribution is -2.47. The van der Waals surface area contributed by atoms with Gasteiger partial charge in [-0.1, -0.05) is 12.1 Å². The van der Waals surface area contributed by atoms with Crippen LogP contribution in [-0.2, 0) is 20.9 Å². The molecule has 2 aliphatic rings. The summed E-state index contributed by atoms with van der Waals surface area (Å²) >= 11 is 1.73. The van der Waals surface area contributed by atoms with E-state index in [-0.39, 0.29) is 11.5 Å². The van der Waals surface area contributed by atoms with Crippen LogP contribution in [0.1, 0.15) is 11.8 Å². The van der Waals surface area contributed by atoms with Gasteiger partial charge in [0.05, 0.1) is 35.1 Å². The number of amides is 1. The van der Waals surface area contributed by atoms with Crippen molar-refractivity contribution in [2.75, 3.05) is 57.4 Å². The predicted octanol–water partition coefficient (Wildman–Crippen LogP) is 2.15. The normalized spacial score (nSPS) is 17.3. The minimum absolute atomic E-state index is 0.183. The van der Waals surface area contributed by atoms with E-state index in [0.717, 1.165) is 65.2 Å². The van der Waals surface area contributed by atoms with E-state index in [1.807, 2.05) is 29.3 Å². The maximum absolute atomic E-state index is 11.9. The number of hydrogen-bond donors (Lipinski definition) is 2. The largest absolute Gasteiger partial charge is 0.378 e. The first-order valence-electron chi connectivity index (χ1n) is 13.0. The van der Waals surface area contributed by atoms with Gasteiger partial charge in [-0.05, 0) is 19.1 Å². The Morgan fingerprint density at radius 2 is 1.92 bits per heavy atom. The van der Waals surface area contributed by atoms with E-state index in [9.17, 15) is 9.59 Å². The number of ketones is 1. The number of fused-ring (bicyclic) bond motifs is 2. The molecule has 0 atom stereocenters. The highest BCUT2D eigenvalue weighted by atomic mass is 32.1. The highest BCUT2D eigenvalue weighted by Crippen LogP contribution is 2.36. The van der Waals surface area contributed by atoms with E-state index in [1.54, 1.807) is 11.3 Å². The molecule has 2 aliphatic heterocycles. The molecule has 0 aliphatic carbocycles. The second kappa shape index (κ2) is 10.7. The zero-order chi connectivity index (χ0) is 26.9. The molecule has 39 heavy (non-hydrogen) atoms. The van der Waals surface area contributed by atoms with E-state index in [4.69, 9.17) is 20.4 Å². The quantitative estimate of drug-likeness (QED) is 0.335. The van der Waals surface area contributed by atoms with Gasteiger partial charge in [-0.15, -0.1) is 11.3 Å². The van der Waals surface area contributed by atoms with Crippen LogP contribution in [-0.4, -0.2) is 94.1 Å². The number of primary amides is 1. The van der Waals surface area contributed by atoms with E-state index in [1.165, 1.54) is 17.9 Å². The van der Waals surface area contributed by atoms with Crippen molar-refractivity contribution in [2.24, 2.45) is 5.73 Å². The number of morpholine rings is 1. The van der Waals surface area contributed by atoms with Crippen LogP contribution in [0.2, 0.25) is 0 Å². The summed E-state index contributed by atoms with van der Waals surface area (Å²) in [7, 11) is 0. The molecule has 5 heterocycles. The second-order valence-electron chi connectivity index (χ2n) is 9.80. The summed E-state index contributed by atoms with van der Waals surface area (Å²) in [5.74, 6) is 0.877. The molecule has 0 unspecified atom stereocenters. The number of piperazine rings is 1. The topological polar surface area (TPSA) is 134 Å². The number of aromatic nitrogens is 4. The highest BCUT2D eigenvalue weighted by molar-refractivity contribution is 7.19. The Kier molecular flexibility index (Phi) is 6.98. The van der Waals surface area contributed by atoms with Gasteiger partial charge in [0.15, 0.2) is 17.4 Å². The fourth-order valence-electron chi connectivity index (χ4n) is 5.19. The van der Waals surface area contributed by atoms with Gasteiger partial charge < -0.3 is 20.3 Å². The maximum Gasteiger partial charge on any atom is 0.265 e. The van der Waals surface area contributed by atoms with Crippen molar-refractivity contribution in [1.82, 2.24) is 30.0 Å². The molecule has 202 valence electrons. The van der Waals surface area contributed by atoms with Gasteiger partial charge >= 0.3 is 0 Å². The molecule has 0 saturated carbocycles. The van der Waals surface area contributed by atoms with Crippen LogP contribution in [0.25, 0.3) is 32.5 Å². The standard InChI is InChI=1S/C27H30N8O3S/c1-17(36)13-23(25(28)37)34-7-5-33(6-8-34)16-18-14-22-24(39-18)27(35-9-11-38-12-10-35)31-26(30-22)19-3-2-4-21-20(19)15-29-32-21/h2-4,13-15H,5-12,16H2,1H3,(H2,28,37)(H,29,32)/b23-13+. The van der Waals surface area contributed by atoms with Crippen molar-refractivity contribution < 1.29 is 14.3 Å². The van der Waals surface area contributed by atoms with Gasteiger partial charge in [-0.25, -0.2) is 9.97 Å². The van der Waals surface area contributed by atoms with Crippen molar-refractivity contribution in [3.8, 4) is 11.4 Å². The Hall–Kier alpha value is -3.87. The van der Waals surface area contributed by atoms with Crippen LogP contribution in [0.15, 0.2) is 42.2 Å². The van der Waals surface area contributed by atoms with Crippen LogP contribution < -0.4 is 10.6 Å². The van der Waals surface area contributed by atoms with Gasteiger partial charge in [-0.3, -0.25) is 19.6 Å². The SMILES string of the molecule is CC(=O)/C=C(\C(N)=O)N1CCN(Cc2cc3nc(-c4cccc5[nH]ncc45)nc(N4CCOCC4)c3s2)CC1. The number of rotatable bonds is 7. The first-order valence-corrected chi connectivity index (χ1v) is 13.8. The number of ether oxygens (including phenoxy) is 1. The van der Waals surface area contributed by atoms with Crippen molar-refractivity contribution in [2.45, 2.75) is 13.5 Å². The summed E-state index contributed by atoms with van der Waals surface area (Å²) in [4.78, 5) is 41.3. The molecular formula is C27H30N8O3S. The number of nitrogens with zero attached hydrogens (tertiary/aromatic N) is 6. The molecule has 2 fully saturated rings. The Labute approximate surface area is 229 Å². The van der Waals surface area contributed by atoms with Gasteiger partial charge in [0.1, 0.15) is 5.70 Å². The van der Waals surface area contributed by atoms with Crippen LogP contribution >= 0.6 is 11.3 Å². The molecule has 6 rings (SSSR count). The van der Waals surface area contributed by atoms with Crippen molar-refractivity contribution in [1.29, 1.82) is 0 Å². The molecule has 1 aromatic carbocycles. The zero-order valence-corrected chi connectivity index (χ0v) is 22.5. The van der Waals surface area contributed by atoms with Crippen LogP contribution in [0, 0.1) is 0 Å². The molecule has 4 aromatic rings. The Bertz CT molecular complexity index is 1560. The number of H-pyrrole nitrogens is 1. The number of nitrogens with two attached hydrogens (primary N) is 1. The van der Waals surface area contributed by atoms with Gasteiger partial charge in [0.2, 0.25) is 0 Å². The summed E-state index contributed by atoms with van der Waals surface area (Å²) in [6.45, 7) is 7.88. The molecule has 12 heteroatoms. The van der Waals surface area contributed by atoms with Crippen molar-refractivity contribution >= 4 is 50.0 Å². The first kappa shape index (κ1) is 25.4. The van der Waals surface area contributed by atoms with Gasteiger partial charge in [-0.2, -0.15) is 5.10 Å². The Morgan fingerprint density at radius 3 is 2.67 bits per heavy atom. The van der Waals surface area contributed by atoms with Crippen molar-refractivity contribution in [3.05, 3.63) is 47.1 Å². The summed E-state index contributed by atoms with van der Waals surface area (Å²) in [5.41, 5.74) is 8.65. The molecule has 0 radical (unpaired) electrons. The van der Waals surface area contributed by atoms with Gasteiger partial charge in [0, 0.05) is 67.7 Å². The van der Waals surface area contributed by atoms with Gasteiger partial charge in [0.25, 0.3) is 5.91 Å².